The molecule has 164 valence electrons. The van der Waals surface area contributed by atoms with Gasteiger partial charge in [0.1, 0.15) is 5.82 Å². The van der Waals surface area contributed by atoms with Crippen molar-refractivity contribution in [2.24, 2.45) is 0 Å². The number of amides is 1. The van der Waals surface area contributed by atoms with Crippen molar-refractivity contribution in [1.82, 2.24) is 9.78 Å². The van der Waals surface area contributed by atoms with Crippen molar-refractivity contribution in [2.75, 3.05) is 16.8 Å². The maximum Gasteiger partial charge on any atom is 0.416 e. The Hall–Kier alpha value is -2.36. The quantitative estimate of drug-likeness (QED) is 0.781. The van der Waals surface area contributed by atoms with Crippen molar-refractivity contribution in [3.63, 3.8) is 0 Å². The van der Waals surface area contributed by atoms with E-state index in [2.05, 4.69) is 10.4 Å². The molecule has 3 rings (SSSR count). The van der Waals surface area contributed by atoms with E-state index in [9.17, 15) is 26.4 Å². The molecule has 0 spiro atoms. The predicted molar refractivity (Wildman–Crippen MR) is 107 cm³/mol. The van der Waals surface area contributed by atoms with E-state index in [1.165, 1.54) is 16.8 Å². The molecule has 1 N–H and O–H groups in total. The number of rotatable bonds is 4. The highest BCUT2D eigenvalue weighted by atomic mass is 32.2. The molecule has 1 saturated heterocycles. The molecule has 2 heterocycles. The zero-order chi connectivity index (χ0) is 22.3. The molecule has 1 aliphatic heterocycles. The van der Waals surface area contributed by atoms with E-state index in [4.69, 9.17) is 0 Å². The van der Waals surface area contributed by atoms with Crippen LogP contribution in [0.1, 0.15) is 50.1 Å². The van der Waals surface area contributed by atoms with Crippen molar-refractivity contribution in [3.05, 3.63) is 47.2 Å². The van der Waals surface area contributed by atoms with Crippen LogP contribution in [0.4, 0.5) is 19.0 Å². The number of nitrogens with zero attached hydrogens (tertiary/aromatic N) is 2. The number of carbonyl (C=O) groups is 1. The van der Waals surface area contributed by atoms with E-state index in [-0.39, 0.29) is 28.9 Å². The van der Waals surface area contributed by atoms with Gasteiger partial charge in [-0.1, -0.05) is 39.0 Å². The zero-order valence-electron chi connectivity index (χ0n) is 17.0. The zero-order valence-corrected chi connectivity index (χ0v) is 17.8. The first kappa shape index (κ1) is 22.3. The van der Waals surface area contributed by atoms with Gasteiger partial charge in [0, 0.05) is 11.5 Å². The second kappa shape index (κ2) is 7.72. The van der Waals surface area contributed by atoms with Crippen LogP contribution < -0.4 is 5.32 Å². The fraction of sp³-hybridized carbons (Fsp3) is 0.500. The van der Waals surface area contributed by atoms with Crippen LogP contribution in [-0.4, -0.2) is 35.6 Å². The number of carbonyl (C=O) groups excluding carboxylic acids is 1. The molecule has 6 nitrogen and oxygen atoms in total. The Kier molecular flexibility index (Phi) is 5.74. The lowest BCUT2D eigenvalue weighted by Crippen LogP contribution is -2.21. The van der Waals surface area contributed by atoms with Crippen LogP contribution in [0.3, 0.4) is 0 Å². The molecule has 2 aromatic rings. The highest BCUT2D eigenvalue weighted by Crippen LogP contribution is 2.32. The number of benzene rings is 1. The molecule has 1 aliphatic rings. The molecule has 0 radical (unpaired) electrons. The molecule has 1 atom stereocenters. The lowest BCUT2D eigenvalue weighted by molar-refractivity contribution is -0.137. The molecule has 1 aromatic carbocycles. The third kappa shape index (κ3) is 5.21. The summed E-state index contributed by atoms with van der Waals surface area (Å²) in [6, 6.07) is 5.91. The summed E-state index contributed by atoms with van der Waals surface area (Å²) in [5.41, 5.74) is -0.235. The number of nitrogens with one attached hydrogen (secondary N) is 1. The van der Waals surface area contributed by atoms with E-state index in [0.29, 0.717) is 17.9 Å². The van der Waals surface area contributed by atoms with Gasteiger partial charge in [-0.05, 0) is 18.1 Å². The van der Waals surface area contributed by atoms with Gasteiger partial charge in [-0.25, -0.2) is 13.1 Å². The maximum absolute atomic E-state index is 12.9. The van der Waals surface area contributed by atoms with Crippen molar-refractivity contribution < 1.29 is 26.4 Å². The Morgan fingerprint density at radius 1 is 1.23 bits per heavy atom. The second-order valence-corrected chi connectivity index (χ2v) is 10.8. The fourth-order valence-electron chi connectivity index (χ4n) is 3.33. The third-order valence-corrected chi connectivity index (χ3v) is 6.70. The van der Waals surface area contributed by atoms with E-state index >= 15 is 0 Å². The number of halogens is 3. The highest BCUT2D eigenvalue weighted by Gasteiger charge is 2.33. The van der Waals surface area contributed by atoms with Crippen LogP contribution in [0.25, 0.3) is 0 Å². The SMILES string of the molecule is CC(C)(C)c1cc(NC(=O)Cc2cccc(C(F)(F)F)c2)n([C@H]2CCS(=O)(=O)C2)n1. The molecule has 1 fully saturated rings. The Balaban J connectivity index is 1.83. The Morgan fingerprint density at radius 2 is 1.93 bits per heavy atom. The first-order chi connectivity index (χ1) is 13.7. The van der Waals surface area contributed by atoms with Crippen molar-refractivity contribution in [1.29, 1.82) is 0 Å². The predicted octanol–water partition coefficient (Wildman–Crippen LogP) is 3.74. The van der Waals surface area contributed by atoms with E-state index in [1.807, 2.05) is 20.8 Å². The van der Waals surface area contributed by atoms with E-state index in [0.717, 1.165) is 12.1 Å². The Bertz CT molecular complexity index is 1050. The van der Waals surface area contributed by atoms with Crippen LogP contribution in [-0.2, 0) is 32.6 Å². The van der Waals surface area contributed by atoms with Gasteiger partial charge in [0.2, 0.25) is 5.91 Å². The van der Waals surface area contributed by atoms with Crippen LogP contribution in [0, 0.1) is 0 Å². The van der Waals surface area contributed by atoms with Crippen molar-refractivity contribution in [3.8, 4) is 0 Å². The molecule has 1 aromatic heterocycles. The minimum absolute atomic E-state index is 0.0556. The first-order valence-electron chi connectivity index (χ1n) is 9.51. The fourth-order valence-corrected chi connectivity index (χ4v) is 5.02. The minimum Gasteiger partial charge on any atom is -0.311 e. The van der Waals surface area contributed by atoms with Gasteiger partial charge in [-0.2, -0.15) is 18.3 Å². The number of sulfone groups is 1. The average molecular weight is 443 g/mol. The summed E-state index contributed by atoms with van der Waals surface area (Å²) in [5, 5.41) is 7.22. The summed E-state index contributed by atoms with van der Waals surface area (Å²) in [7, 11) is -3.16. The molecule has 0 aliphatic carbocycles. The monoisotopic (exact) mass is 443 g/mol. The lowest BCUT2D eigenvalue weighted by atomic mass is 9.92. The first-order valence-corrected chi connectivity index (χ1v) is 11.3. The van der Waals surface area contributed by atoms with Crippen LogP contribution >= 0.6 is 0 Å². The van der Waals surface area contributed by atoms with E-state index < -0.39 is 33.5 Å². The minimum atomic E-state index is -4.49. The van der Waals surface area contributed by atoms with Crippen LogP contribution in [0.5, 0.6) is 0 Å². The molecular weight excluding hydrogens is 419 g/mol. The summed E-state index contributed by atoms with van der Waals surface area (Å²) in [5.74, 6) is -0.162. The van der Waals surface area contributed by atoms with Crippen LogP contribution in [0.15, 0.2) is 30.3 Å². The largest absolute Gasteiger partial charge is 0.416 e. The summed E-state index contributed by atoms with van der Waals surface area (Å²) in [6.07, 6.45) is -4.34. The smallest absolute Gasteiger partial charge is 0.311 e. The molecule has 0 bridgehead atoms. The highest BCUT2D eigenvalue weighted by molar-refractivity contribution is 7.91. The summed E-state index contributed by atoms with van der Waals surface area (Å²) in [6.45, 7) is 5.83. The molecule has 0 saturated carbocycles. The van der Waals surface area contributed by atoms with Gasteiger partial charge in [0.05, 0.1) is 35.2 Å². The summed E-state index contributed by atoms with van der Waals surface area (Å²) >= 11 is 0. The maximum atomic E-state index is 12.9. The van der Waals surface area contributed by atoms with Gasteiger partial charge in [-0.3, -0.25) is 4.79 Å². The van der Waals surface area contributed by atoms with E-state index in [1.54, 1.807) is 6.07 Å². The molecule has 1 amide bonds. The number of alkyl halides is 3. The molecule has 10 heteroatoms. The third-order valence-electron chi connectivity index (χ3n) is 4.94. The second-order valence-electron chi connectivity index (χ2n) is 8.59. The average Bonchev–Trinajstić information content (AvgIpc) is 3.17. The number of aromatic nitrogens is 2. The Morgan fingerprint density at radius 3 is 2.50 bits per heavy atom. The molecule has 0 unspecified atom stereocenters. The van der Waals surface area contributed by atoms with Crippen molar-refractivity contribution >= 4 is 21.6 Å². The van der Waals surface area contributed by atoms with Gasteiger partial charge in [-0.15, -0.1) is 0 Å². The molecular formula is C20H24F3N3O3S. The van der Waals surface area contributed by atoms with Gasteiger partial charge in [0.25, 0.3) is 0 Å². The van der Waals surface area contributed by atoms with Gasteiger partial charge < -0.3 is 5.32 Å². The lowest BCUT2D eigenvalue weighted by Gasteiger charge is -2.15. The topological polar surface area (TPSA) is 81.1 Å². The number of anilines is 1. The van der Waals surface area contributed by atoms with Gasteiger partial charge >= 0.3 is 6.18 Å². The number of hydrogen-bond donors (Lipinski definition) is 1. The Labute approximate surface area is 173 Å². The standard InChI is InChI=1S/C20H24F3N3O3S/c1-19(2,3)16-11-17(26(25-16)15-7-8-30(28,29)12-15)24-18(27)10-13-5-4-6-14(9-13)20(21,22)23/h4-6,9,11,15H,7-8,10,12H2,1-3H3,(H,24,27)/t15-/m0/s1. The molecule has 30 heavy (non-hydrogen) atoms. The normalized spacial score (nSPS) is 19.1. The van der Waals surface area contributed by atoms with Crippen molar-refractivity contribution in [2.45, 2.75) is 51.2 Å². The summed E-state index contributed by atoms with van der Waals surface area (Å²) < 4.78 is 64.0. The van der Waals surface area contributed by atoms with Gasteiger partial charge in [0.15, 0.2) is 9.84 Å². The number of hydrogen-bond acceptors (Lipinski definition) is 4. The van der Waals surface area contributed by atoms with Crippen LogP contribution in [0.2, 0.25) is 0 Å². The summed E-state index contributed by atoms with van der Waals surface area (Å²) in [4.78, 5) is 12.5.